The molecule has 2 N–H and O–H groups in total. The molecular formula is C29H29F3N6O3S. The van der Waals surface area contributed by atoms with Gasteiger partial charge in [0, 0.05) is 49.1 Å². The van der Waals surface area contributed by atoms with Crippen LogP contribution in [0.5, 0.6) is 0 Å². The van der Waals surface area contributed by atoms with Gasteiger partial charge in [-0.25, -0.2) is 18.4 Å². The van der Waals surface area contributed by atoms with Gasteiger partial charge in [0.05, 0.1) is 40.5 Å². The summed E-state index contributed by atoms with van der Waals surface area (Å²) < 4.78 is 62.8. The summed E-state index contributed by atoms with van der Waals surface area (Å²) in [6.45, 7) is 2.92. The number of carbonyl (C=O) groups excluding carboxylic acids is 1. The number of pyridine rings is 3. The summed E-state index contributed by atoms with van der Waals surface area (Å²) in [5.41, 5.74) is 3.12. The molecule has 1 aliphatic heterocycles. The summed E-state index contributed by atoms with van der Waals surface area (Å²) in [5, 5.41) is 6.47. The summed E-state index contributed by atoms with van der Waals surface area (Å²) in [4.78, 5) is 28.5. The number of anilines is 1. The van der Waals surface area contributed by atoms with E-state index in [0.717, 1.165) is 11.6 Å². The van der Waals surface area contributed by atoms with Crippen LogP contribution >= 0.6 is 0 Å². The molecule has 1 unspecified atom stereocenters. The molecule has 4 heterocycles. The minimum Gasteiger partial charge on any atom is -0.354 e. The smallest absolute Gasteiger partial charge is 0.354 e. The van der Waals surface area contributed by atoms with Crippen LogP contribution < -0.4 is 15.5 Å². The zero-order valence-electron chi connectivity index (χ0n) is 22.9. The number of fused-ring (bicyclic) bond motifs is 1. The van der Waals surface area contributed by atoms with Crippen molar-refractivity contribution in [1.29, 1.82) is 0 Å². The third-order valence-corrected chi connectivity index (χ3v) is 8.20. The number of nitrogens with one attached hydrogen (secondary N) is 2. The van der Waals surface area contributed by atoms with E-state index in [-0.39, 0.29) is 23.5 Å². The number of piperazine rings is 1. The molecule has 1 amide bonds. The van der Waals surface area contributed by atoms with Crippen molar-refractivity contribution in [3.63, 3.8) is 0 Å². The van der Waals surface area contributed by atoms with Crippen LogP contribution in [0, 0.1) is 6.92 Å². The number of alkyl halides is 3. The average Bonchev–Trinajstić information content (AvgIpc) is 2.94. The molecule has 1 atom stereocenters. The Morgan fingerprint density at radius 2 is 1.88 bits per heavy atom. The van der Waals surface area contributed by atoms with E-state index in [1.54, 1.807) is 55.6 Å². The maximum atomic E-state index is 12.9. The van der Waals surface area contributed by atoms with E-state index >= 15 is 0 Å². The highest BCUT2D eigenvalue weighted by Gasteiger charge is 2.34. The lowest BCUT2D eigenvalue weighted by Crippen LogP contribution is -2.52. The molecule has 0 aliphatic carbocycles. The molecule has 1 saturated heterocycles. The number of benzene rings is 1. The fourth-order valence-electron chi connectivity index (χ4n) is 4.90. The first-order valence-corrected chi connectivity index (χ1v) is 15.1. The Morgan fingerprint density at radius 3 is 2.64 bits per heavy atom. The van der Waals surface area contributed by atoms with Crippen molar-refractivity contribution in [2.45, 2.75) is 37.0 Å². The number of amides is 1. The van der Waals surface area contributed by atoms with Gasteiger partial charge in [0.1, 0.15) is 5.82 Å². The van der Waals surface area contributed by atoms with Crippen LogP contribution in [0.4, 0.5) is 19.0 Å². The molecule has 4 aromatic rings. The maximum absolute atomic E-state index is 12.9. The molecule has 220 valence electrons. The van der Waals surface area contributed by atoms with E-state index < -0.39 is 34.4 Å². The van der Waals surface area contributed by atoms with Gasteiger partial charge < -0.3 is 15.5 Å². The molecule has 1 aliphatic rings. The number of halogens is 3. The first-order chi connectivity index (χ1) is 19.9. The molecular weight excluding hydrogens is 569 g/mol. The van der Waals surface area contributed by atoms with E-state index in [1.165, 1.54) is 6.07 Å². The monoisotopic (exact) mass is 598 g/mol. The number of sulfone groups is 1. The van der Waals surface area contributed by atoms with Crippen molar-refractivity contribution in [1.82, 2.24) is 25.6 Å². The largest absolute Gasteiger partial charge is 0.390 e. The SMILES string of the molecule is Cc1ccc(C(=O)NCc2cc3nc(-c4cccc(N5CCNC(CC(F)(F)F)C5)n4)ccc3cn2)cc1S(C)(=O)=O. The summed E-state index contributed by atoms with van der Waals surface area (Å²) in [7, 11) is -3.48. The van der Waals surface area contributed by atoms with Gasteiger partial charge in [-0.2, -0.15) is 13.2 Å². The molecule has 0 bridgehead atoms. The number of carbonyl (C=O) groups is 1. The summed E-state index contributed by atoms with van der Waals surface area (Å²) in [6, 6.07) is 14.6. The molecule has 9 nitrogen and oxygen atoms in total. The van der Waals surface area contributed by atoms with Crippen LogP contribution in [0.2, 0.25) is 0 Å². The Kier molecular flexibility index (Phi) is 8.15. The fraction of sp³-hybridized carbons (Fsp3) is 0.310. The van der Waals surface area contributed by atoms with Crippen LogP contribution in [0.25, 0.3) is 22.3 Å². The molecule has 1 fully saturated rings. The Hall–Kier alpha value is -4.10. The van der Waals surface area contributed by atoms with Crippen molar-refractivity contribution in [3.8, 4) is 11.4 Å². The van der Waals surface area contributed by atoms with Crippen molar-refractivity contribution >= 4 is 32.5 Å². The zero-order valence-corrected chi connectivity index (χ0v) is 23.8. The predicted octanol–water partition coefficient (Wildman–Crippen LogP) is 4.06. The van der Waals surface area contributed by atoms with Gasteiger partial charge in [0.15, 0.2) is 9.84 Å². The van der Waals surface area contributed by atoms with Crippen molar-refractivity contribution in [3.05, 3.63) is 77.6 Å². The average molecular weight is 599 g/mol. The molecule has 1 aromatic carbocycles. The number of aromatic nitrogens is 3. The molecule has 5 rings (SSSR count). The Morgan fingerprint density at radius 1 is 1.10 bits per heavy atom. The predicted molar refractivity (Wildman–Crippen MR) is 153 cm³/mol. The molecule has 13 heteroatoms. The fourth-order valence-corrected chi connectivity index (χ4v) is 5.90. The first-order valence-electron chi connectivity index (χ1n) is 13.2. The minimum absolute atomic E-state index is 0.0958. The molecule has 42 heavy (non-hydrogen) atoms. The van der Waals surface area contributed by atoms with E-state index in [2.05, 4.69) is 20.6 Å². The second-order valence-electron chi connectivity index (χ2n) is 10.3. The van der Waals surface area contributed by atoms with E-state index in [1.807, 2.05) is 11.0 Å². The van der Waals surface area contributed by atoms with Crippen LogP contribution in [0.1, 0.15) is 28.0 Å². The Balaban J connectivity index is 1.31. The summed E-state index contributed by atoms with van der Waals surface area (Å²) >= 11 is 0. The van der Waals surface area contributed by atoms with Crippen molar-refractivity contribution < 1.29 is 26.4 Å². The summed E-state index contributed by atoms with van der Waals surface area (Å²) in [5.74, 6) is 0.145. The Bertz CT molecular complexity index is 1750. The lowest BCUT2D eigenvalue weighted by molar-refractivity contribution is -0.139. The zero-order chi connectivity index (χ0) is 30.1. The second-order valence-corrected chi connectivity index (χ2v) is 12.3. The van der Waals surface area contributed by atoms with E-state index in [0.29, 0.717) is 47.1 Å². The highest BCUT2D eigenvalue weighted by atomic mass is 32.2. The highest BCUT2D eigenvalue weighted by Crippen LogP contribution is 2.26. The summed E-state index contributed by atoms with van der Waals surface area (Å²) in [6.07, 6.45) is -2.41. The van der Waals surface area contributed by atoms with Gasteiger partial charge in [-0.3, -0.25) is 9.78 Å². The molecule has 0 saturated carbocycles. The number of rotatable bonds is 7. The third-order valence-electron chi connectivity index (χ3n) is 6.96. The topological polar surface area (TPSA) is 117 Å². The number of hydrogen-bond donors (Lipinski definition) is 2. The van der Waals surface area contributed by atoms with Gasteiger partial charge in [0.2, 0.25) is 0 Å². The Labute approximate surface area is 241 Å². The number of hydrogen-bond acceptors (Lipinski definition) is 8. The lowest BCUT2D eigenvalue weighted by atomic mass is 10.1. The third kappa shape index (κ3) is 7.02. The molecule has 0 spiro atoms. The van der Waals surface area contributed by atoms with Crippen LogP contribution in [-0.2, 0) is 16.4 Å². The number of aryl methyl sites for hydroxylation is 1. The number of nitrogens with zero attached hydrogens (tertiary/aromatic N) is 4. The standard InChI is InChI=1S/C29H29F3N6O3S/c1-18-6-7-19(12-26(18)42(2,40)41)28(39)35-16-21-13-25-20(15-34-21)8-9-24(36-25)23-4-3-5-27(37-23)38-11-10-33-22(17-38)14-29(30,31)32/h3-9,12-13,15,22,33H,10-11,14,16-17H2,1-2H3,(H,35,39). The van der Waals surface area contributed by atoms with Gasteiger partial charge in [-0.05, 0) is 55.0 Å². The van der Waals surface area contributed by atoms with Gasteiger partial charge in [0.25, 0.3) is 5.91 Å². The van der Waals surface area contributed by atoms with Gasteiger partial charge in [-0.15, -0.1) is 0 Å². The molecule has 0 radical (unpaired) electrons. The highest BCUT2D eigenvalue weighted by molar-refractivity contribution is 7.90. The lowest BCUT2D eigenvalue weighted by Gasteiger charge is -2.35. The normalized spacial score (nSPS) is 16.0. The van der Waals surface area contributed by atoms with Crippen LogP contribution in [0.15, 0.2) is 65.7 Å². The quantitative estimate of drug-likeness (QED) is 0.327. The molecule has 3 aromatic heterocycles. The van der Waals surface area contributed by atoms with Gasteiger partial charge >= 0.3 is 6.18 Å². The van der Waals surface area contributed by atoms with E-state index in [9.17, 15) is 26.4 Å². The van der Waals surface area contributed by atoms with Gasteiger partial charge in [-0.1, -0.05) is 12.1 Å². The van der Waals surface area contributed by atoms with Crippen molar-refractivity contribution in [2.24, 2.45) is 0 Å². The van der Waals surface area contributed by atoms with E-state index in [4.69, 9.17) is 4.98 Å². The maximum Gasteiger partial charge on any atom is 0.390 e. The second kappa shape index (κ2) is 11.6. The first kappa shape index (κ1) is 29.4. The van der Waals surface area contributed by atoms with Crippen molar-refractivity contribution in [2.75, 3.05) is 30.8 Å². The van der Waals surface area contributed by atoms with Crippen LogP contribution in [-0.4, -0.2) is 67.4 Å². The van der Waals surface area contributed by atoms with Crippen LogP contribution in [0.3, 0.4) is 0 Å². The minimum atomic E-state index is -4.25.